The highest BCUT2D eigenvalue weighted by atomic mass is 32.2. The second-order valence-corrected chi connectivity index (χ2v) is 13.0. The molecule has 7 atom stereocenters. The molecule has 0 aliphatic carbocycles. The maximum atomic E-state index is 13.0. The average molecular weight is 684 g/mol. The first-order chi connectivity index (χ1) is 22.9. The first-order valence-electron chi connectivity index (χ1n) is 15.4. The van der Waals surface area contributed by atoms with E-state index in [4.69, 9.17) is 27.9 Å². The molecule has 3 aromatic carbocycles. The van der Waals surface area contributed by atoms with Crippen LogP contribution in [0.2, 0.25) is 0 Å². The Balaban J connectivity index is 1.74. The van der Waals surface area contributed by atoms with Gasteiger partial charge in [-0.3, -0.25) is 19.1 Å². The van der Waals surface area contributed by atoms with Crippen molar-refractivity contribution in [3.8, 4) is 0 Å². The third-order valence-corrected chi connectivity index (χ3v) is 8.18. The van der Waals surface area contributed by atoms with Gasteiger partial charge in [0.2, 0.25) is 0 Å². The van der Waals surface area contributed by atoms with Gasteiger partial charge in [-0.05, 0) is 30.2 Å². The topological polar surface area (TPSA) is 153 Å². The van der Waals surface area contributed by atoms with Crippen molar-refractivity contribution in [1.29, 1.82) is 0 Å². The standard InChI is InChI=1S/C35H41NO11S/c1-23(47-48(4,40)41)31(45-24(2)37)34(46-25(3)38)30-33(43-21-27-16-10-6-11-17-27)32(42-20-26-14-8-5-9-15-26)29(36-30)22-44-35(39)28-18-12-7-13-19-28/h5-19,23,29-34,36H,20-22H2,1-4H3/t23-,29+,30+,31+,32+,33-,34+/m0/s1. The van der Waals surface area contributed by atoms with Gasteiger partial charge in [0.1, 0.15) is 24.9 Å². The largest absolute Gasteiger partial charge is 0.460 e. The summed E-state index contributed by atoms with van der Waals surface area (Å²) >= 11 is 0. The Hall–Kier alpha value is -4.14. The van der Waals surface area contributed by atoms with Crippen LogP contribution >= 0.6 is 0 Å². The minimum atomic E-state index is -4.02. The summed E-state index contributed by atoms with van der Waals surface area (Å²) < 4.78 is 59.5. The molecule has 4 rings (SSSR count). The lowest BCUT2D eigenvalue weighted by Crippen LogP contribution is -2.56. The Morgan fingerprint density at radius 1 is 0.750 bits per heavy atom. The van der Waals surface area contributed by atoms with E-state index in [1.54, 1.807) is 30.3 Å². The number of carbonyl (C=O) groups is 3. The molecule has 12 nitrogen and oxygen atoms in total. The molecule has 1 saturated heterocycles. The number of nitrogens with one attached hydrogen (secondary N) is 1. The monoisotopic (exact) mass is 683 g/mol. The van der Waals surface area contributed by atoms with Crippen molar-refractivity contribution in [1.82, 2.24) is 5.32 Å². The predicted molar refractivity (Wildman–Crippen MR) is 174 cm³/mol. The molecule has 3 aromatic rings. The van der Waals surface area contributed by atoms with Gasteiger partial charge in [0.05, 0.1) is 37.1 Å². The van der Waals surface area contributed by atoms with Crippen molar-refractivity contribution in [2.45, 2.75) is 76.6 Å². The number of hydrogen-bond donors (Lipinski definition) is 1. The number of benzene rings is 3. The fraction of sp³-hybridized carbons (Fsp3) is 0.400. The van der Waals surface area contributed by atoms with Gasteiger partial charge in [0.25, 0.3) is 10.1 Å². The molecule has 1 aliphatic rings. The number of ether oxygens (including phenoxy) is 5. The Labute approximate surface area is 280 Å². The summed E-state index contributed by atoms with van der Waals surface area (Å²) in [6.07, 6.45) is -4.85. The number of rotatable bonds is 16. The van der Waals surface area contributed by atoms with Crippen LogP contribution in [-0.4, -0.2) is 81.8 Å². The quantitative estimate of drug-likeness (QED) is 0.133. The normalized spacial score (nSPS) is 21.1. The van der Waals surface area contributed by atoms with E-state index in [0.29, 0.717) is 5.56 Å². The molecule has 0 spiro atoms. The summed E-state index contributed by atoms with van der Waals surface area (Å²) in [6, 6.07) is 25.6. The molecule has 0 amide bonds. The number of carbonyl (C=O) groups excluding carboxylic acids is 3. The van der Waals surface area contributed by atoms with Crippen LogP contribution < -0.4 is 5.32 Å². The lowest BCUT2D eigenvalue weighted by atomic mass is 9.96. The Morgan fingerprint density at radius 2 is 1.25 bits per heavy atom. The zero-order valence-electron chi connectivity index (χ0n) is 27.2. The Kier molecular flexibility index (Phi) is 13.2. The van der Waals surface area contributed by atoms with Crippen molar-refractivity contribution in [2.24, 2.45) is 0 Å². The molecule has 1 N–H and O–H groups in total. The van der Waals surface area contributed by atoms with Crippen molar-refractivity contribution < 1.29 is 50.7 Å². The summed E-state index contributed by atoms with van der Waals surface area (Å²) in [7, 11) is -4.02. The van der Waals surface area contributed by atoms with E-state index in [1.807, 2.05) is 60.7 Å². The summed E-state index contributed by atoms with van der Waals surface area (Å²) in [4.78, 5) is 37.8. The van der Waals surface area contributed by atoms with Crippen LogP contribution in [0.4, 0.5) is 0 Å². The molecule has 0 bridgehead atoms. The molecule has 1 aliphatic heterocycles. The second-order valence-electron chi connectivity index (χ2n) is 11.4. The van der Waals surface area contributed by atoms with Crippen LogP contribution in [0.1, 0.15) is 42.3 Å². The number of esters is 3. The smallest absolute Gasteiger partial charge is 0.338 e. The Morgan fingerprint density at radius 3 is 1.75 bits per heavy atom. The van der Waals surface area contributed by atoms with Gasteiger partial charge < -0.3 is 23.7 Å². The van der Waals surface area contributed by atoms with Crippen LogP contribution in [0.15, 0.2) is 91.0 Å². The summed E-state index contributed by atoms with van der Waals surface area (Å²) in [5.41, 5.74) is 2.06. The second kappa shape index (κ2) is 17.3. The highest BCUT2D eigenvalue weighted by Gasteiger charge is 2.53. The van der Waals surface area contributed by atoms with Gasteiger partial charge in [-0.1, -0.05) is 78.9 Å². The molecule has 48 heavy (non-hydrogen) atoms. The first kappa shape index (κ1) is 36.7. The van der Waals surface area contributed by atoms with E-state index in [1.165, 1.54) is 13.8 Å². The van der Waals surface area contributed by atoms with Crippen LogP contribution in [0.5, 0.6) is 0 Å². The van der Waals surface area contributed by atoms with Crippen molar-refractivity contribution in [3.63, 3.8) is 0 Å². The zero-order valence-corrected chi connectivity index (χ0v) is 28.0. The van der Waals surface area contributed by atoms with E-state index >= 15 is 0 Å². The van der Waals surface area contributed by atoms with Crippen molar-refractivity contribution in [2.75, 3.05) is 12.9 Å². The van der Waals surface area contributed by atoms with Gasteiger partial charge in [-0.2, -0.15) is 8.42 Å². The minimum absolute atomic E-state index is 0.117. The Bertz CT molecular complexity index is 1590. The average Bonchev–Trinajstić information content (AvgIpc) is 3.40. The van der Waals surface area contributed by atoms with Gasteiger partial charge >= 0.3 is 17.9 Å². The first-order valence-corrected chi connectivity index (χ1v) is 17.2. The van der Waals surface area contributed by atoms with Gasteiger partial charge in [-0.25, -0.2) is 4.79 Å². The van der Waals surface area contributed by atoms with E-state index < -0.39 is 70.6 Å². The SMILES string of the molecule is CC(=O)O[C@H]([C@@H]1N[C@H](COC(=O)c2ccccc2)[C@@H](OCc2ccccc2)[C@H]1OCc1ccccc1)[C@H](OC(C)=O)[C@H](C)OS(C)(=O)=O. The third kappa shape index (κ3) is 11.0. The molecular formula is C35H41NO11S. The van der Waals surface area contributed by atoms with Gasteiger partial charge in [0.15, 0.2) is 12.2 Å². The summed E-state index contributed by atoms with van der Waals surface area (Å²) in [5, 5.41) is 3.35. The predicted octanol–water partition coefficient (Wildman–Crippen LogP) is 3.58. The molecule has 0 saturated carbocycles. The molecular weight excluding hydrogens is 642 g/mol. The summed E-state index contributed by atoms with van der Waals surface area (Å²) in [5.74, 6) is -2.05. The molecule has 0 radical (unpaired) electrons. The van der Waals surface area contributed by atoms with E-state index in [-0.39, 0.29) is 19.8 Å². The van der Waals surface area contributed by atoms with Crippen LogP contribution in [0.3, 0.4) is 0 Å². The fourth-order valence-corrected chi connectivity index (χ4v) is 6.21. The lowest BCUT2D eigenvalue weighted by Gasteiger charge is -2.36. The van der Waals surface area contributed by atoms with Gasteiger partial charge in [-0.15, -0.1) is 0 Å². The van der Waals surface area contributed by atoms with Crippen LogP contribution in [0, 0.1) is 0 Å². The van der Waals surface area contributed by atoms with Crippen LogP contribution in [-0.2, 0) is 60.8 Å². The van der Waals surface area contributed by atoms with Crippen LogP contribution in [0.25, 0.3) is 0 Å². The third-order valence-electron chi connectivity index (χ3n) is 7.53. The van der Waals surface area contributed by atoms with Crippen molar-refractivity contribution in [3.05, 3.63) is 108 Å². The highest BCUT2D eigenvalue weighted by Crippen LogP contribution is 2.31. The maximum absolute atomic E-state index is 13.0. The molecule has 258 valence electrons. The maximum Gasteiger partial charge on any atom is 0.338 e. The molecule has 0 unspecified atom stereocenters. The summed E-state index contributed by atoms with van der Waals surface area (Å²) in [6.45, 7) is 3.82. The molecule has 1 fully saturated rings. The minimum Gasteiger partial charge on any atom is -0.460 e. The van der Waals surface area contributed by atoms with E-state index in [9.17, 15) is 22.8 Å². The van der Waals surface area contributed by atoms with Gasteiger partial charge in [0, 0.05) is 13.8 Å². The lowest BCUT2D eigenvalue weighted by molar-refractivity contribution is -0.180. The molecule has 13 heteroatoms. The number of hydrogen-bond acceptors (Lipinski definition) is 12. The molecule has 1 heterocycles. The van der Waals surface area contributed by atoms with E-state index in [0.717, 1.165) is 24.3 Å². The highest BCUT2D eigenvalue weighted by molar-refractivity contribution is 7.86. The fourth-order valence-electron chi connectivity index (χ4n) is 5.55. The zero-order chi connectivity index (χ0) is 34.7. The van der Waals surface area contributed by atoms with E-state index in [2.05, 4.69) is 5.32 Å². The van der Waals surface area contributed by atoms with Crippen molar-refractivity contribution >= 4 is 28.0 Å². The molecule has 0 aromatic heterocycles.